The first-order chi connectivity index (χ1) is 7.95. The maximum atomic E-state index is 12.2. The van der Waals surface area contributed by atoms with Crippen LogP contribution in [0.5, 0.6) is 5.75 Å². The smallest absolute Gasteiger partial charge is 0.403 e. The monoisotopic (exact) mass is 247 g/mol. The van der Waals surface area contributed by atoms with Crippen LogP contribution in [0.25, 0.3) is 0 Å². The fourth-order valence-corrected chi connectivity index (χ4v) is 1.48. The van der Waals surface area contributed by atoms with E-state index >= 15 is 0 Å². The highest BCUT2D eigenvalue weighted by Gasteiger charge is 2.36. The van der Waals surface area contributed by atoms with Crippen LogP contribution < -0.4 is 10.5 Å². The summed E-state index contributed by atoms with van der Waals surface area (Å²) in [6.45, 7) is 2.32. The zero-order valence-corrected chi connectivity index (χ0v) is 9.63. The zero-order valence-electron chi connectivity index (χ0n) is 9.63. The molecule has 1 aromatic rings. The molecule has 5 heteroatoms. The molecule has 96 valence electrons. The second kappa shape index (κ2) is 5.91. The number of rotatable bonds is 5. The minimum atomic E-state index is -4.33. The summed E-state index contributed by atoms with van der Waals surface area (Å²) in [7, 11) is 0. The second-order valence-corrected chi connectivity index (χ2v) is 3.73. The van der Waals surface area contributed by atoms with E-state index in [2.05, 4.69) is 0 Å². The van der Waals surface area contributed by atoms with Gasteiger partial charge in [-0.1, -0.05) is 18.2 Å². The average molecular weight is 247 g/mol. The molecule has 1 rings (SSSR count). The van der Waals surface area contributed by atoms with Crippen molar-refractivity contribution in [1.29, 1.82) is 0 Å². The first kappa shape index (κ1) is 13.8. The minimum Gasteiger partial charge on any atom is -0.494 e. The molecule has 0 unspecified atom stereocenters. The second-order valence-electron chi connectivity index (χ2n) is 3.73. The van der Waals surface area contributed by atoms with Gasteiger partial charge in [-0.3, -0.25) is 0 Å². The highest BCUT2D eigenvalue weighted by Crippen LogP contribution is 2.25. The normalized spacial score (nSPS) is 13.5. The summed E-state index contributed by atoms with van der Waals surface area (Å²) in [6, 6.07) is 5.29. The Morgan fingerprint density at radius 1 is 1.29 bits per heavy atom. The van der Waals surface area contributed by atoms with E-state index in [4.69, 9.17) is 10.5 Å². The van der Waals surface area contributed by atoms with E-state index in [-0.39, 0.29) is 12.8 Å². The summed E-state index contributed by atoms with van der Waals surface area (Å²) in [6.07, 6.45) is -4.20. The van der Waals surface area contributed by atoms with Crippen LogP contribution in [0.1, 0.15) is 18.9 Å². The van der Waals surface area contributed by atoms with Crippen molar-refractivity contribution < 1.29 is 17.9 Å². The lowest BCUT2D eigenvalue weighted by molar-refractivity contribution is -0.148. The number of hydrogen-bond donors (Lipinski definition) is 1. The molecule has 0 saturated heterocycles. The van der Waals surface area contributed by atoms with Gasteiger partial charge in [0.2, 0.25) is 0 Å². The van der Waals surface area contributed by atoms with Gasteiger partial charge in [-0.15, -0.1) is 0 Å². The number of hydrogen-bond acceptors (Lipinski definition) is 2. The molecule has 1 atom stereocenters. The Kier molecular flexibility index (Phi) is 4.81. The van der Waals surface area contributed by atoms with Gasteiger partial charge in [-0.25, -0.2) is 0 Å². The number of aryl methyl sites for hydroxylation is 1. The van der Waals surface area contributed by atoms with E-state index in [1.54, 1.807) is 24.3 Å². The van der Waals surface area contributed by atoms with Crippen LogP contribution >= 0.6 is 0 Å². The predicted octanol–water partition coefficient (Wildman–Crippen LogP) is 2.91. The van der Waals surface area contributed by atoms with Gasteiger partial charge in [0.15, 0.2) is 0 Å². The van der Waals surface area contributed by atoms with Crippen LogP contribution in [-0.4, -0.2) is 18.8 Å². The van der Waals surface area contributed by atoms with E-state index in [0.717, 1.165) is 5.56 Å². The maximum absolute atomic E-state index is 12.2. The van der Waals surface area contributed by atoms with Crippen LogP contribution in [0.4, 0.5) is 13.2 Å². The van der Waals surface area contributed by atoms with Crippen molar-refractivity contribution in [2.45, 2.75) is 32.0 Å². The molecule has 2 N–H and O–H groups in total. The van der Waals surface area contributed by atoms with E-state index < -0.39 is 12.2 Å². The molecule has 0 aromatic heterocycles. The molecule has 0 spiro atoms. The molecular formula is C12H16F3NO. The Labute approximate surface area is 98.6 Å². The lowest BCUT2D eigenvalue weighted by Crippen LogP contribution is -2.37. The Morgan fingerprint density at radius 2 is 1.94 bits per heavy atom. The van der Waals surface area contributed by atoms with Gasteiger partial charge in [-0.05, 0) is 31.4 Å². The first-order valence-electron chi connectivity index (χ1n) is 5.48. The Bertz CT molecular complexity index is 352. The van der Waals surface area contributed by atoms with Crippen LogP contribution in [0, 0.1) is 0 Å². The number of nitrogens with two attached hydrogens (primary N) is 1. The van der Waals surface area contributed by atoms with Crippen LogP contribution in [-0.2, 0) is 6.42 Å². The largest absolute Gasteiger partial charge is 0.494 e. The highest BCUT2D eigenvalue weighted by molar-refractivity contribution is 5.33. The summed E-state index contributed by atoms with van der Waals surface area (Å²) in [5.74, 6) is 0.629. The molecule has 0 amide bonds. The molecule has 0 aliphatic rings. The molecule has 0 heterocycles. The van der Waals surface area contributed by atoms with Gasteiger partial charge >= 0.3 is 6.18 Å². The summed E-state index contributed by atoms with van der Waals surface area (Å²) < 4.78 is 42.1. The summed E-state index contributed by atoms with van der Waals surface area (Å²) in [5, 5.41) is 0. The third-order valence-electron chi connectivity index (χ3n) is 2.42. The molecule has 0 aliphatic carbocycles. The molecular weight excluding hydrogens is 231 g/mol. The van der Waals surface area contributed by atoms with Gasteiger partial charge in [0.05, 0.1) is 6.61 Å². The summed E-state index contributed by atoms with van der Waals surface area (Å²) >= 11 is 0. The summed E-state index contributed by atoms with van der Waals surface area (Å²) in [4.78, 5) is 0. The third-order valence-corrected chi connectivity index (χ3v) is 2.42. The molecule has 1 aromatic carbocycles. The van der Waals surface area contributed by atoms with E-state index in [1.807, 2.05) is 6.92 Å². The fourth-order valence-electron chi connectivity index (χ4n) is 1.48. The van der Waals surface area contributed by atoms with E-state index in [1.165, 1.54) is 0 Å². The molecule has 0 radical (unpaired) electrons. The lowest BCUT2D eigenvalue weighted by atomic mass is 10.0. The SMILES string of the molecule is CCOc1ccccc1CC[C@H](N)C(F)(F)F. The van der Waals surface area contributed by atoms with Gasteiger partial charge in [0.25, 0.3) is 0 Å². The van der Waals surface area contributed by atoms with Crippen LogP contribution in [0.3, 0.4) is 0 Å². The number of halogens is 3. The van der Waals surface area contributed by atoms with E-state index in [9.17, 15) is 13.2 Å². The van der Waals surface area contributed by atoms with Crippen molar-refractivity contribution in [1.82, 2.24) is 0 Å². The quantitative estimate of drug-likeness (QED) is 0.868. The predicted molar refractivity (Wildman–Crippen MR) is 60.0 cm³/mol. The Hall–Kier alpha value is -1.23. The van der Waals surface area contributed by atoms with Crippen molar-refractivity contribution in [2.75, 3.05) is 6.61 Å². The zero-order chi connectivity index (χ0) is 12.9. The maximum Gasteiger partial charge on any atom is 0.403 e. The first-order valence-corrected chi connectivity index (χ1v) is 5.48. The van der Waals surface area contributed by atoms with Gasteiger partial charge in [-0.2, -0.15) is 13.2 Å². The topological polar surface area (TPSA) is 35.2 Å². The molecule has 0 saturated carbocycles. The minimum absolute atomic E-state index is 0.131. The third kappa shape index (κ3) is 4.26. The molecule has 0 aliphatic heterocycles. The van der Waals surface area contributed by atoms with E-state index in [0.29, 0.717) is 12.4 Å². The highest BCUT2D eigenvalue weighted by atomic mass is 19.4. The number of benzene rings is 1. The van der Waals surface area contributed by atoms with Crippen molar-refractivity contribution >= 4 is 0 Å². The van der Waals surface area contributed by atoms with Gasteiger partial charge in [0, 0.05) is 0 Å². The molecule has 0 bridgehead atoms. The molecule has 17 heavy (non-hydrogen) atoms. The average Bonchev–Trinajstić information content (AvgIpc) is 2.26. The van der Waals surface area contributed by atoms with Crippen LogP contribution in [0.2, 0.25) is 0 Å². The number of ether oxygens (including phenoxy) is 1. The van der Waals surface area contributed by atoms with Gasteiger partial charge in [0.1, 0.15) is 11.8 Å². The molecule has 2 nitrogen and oxygen atoms in total. The van der Waals surface area contributed by atoms with Crippen LogP contribution in [0.15, 0.2) is 24.3 Å². The Morgan fingerprint density at radius 3 is 2.53 bits per heavy atom. The Balaban J connectivity index is 2.63. The number of alkyl halides is 3. The van der Waals surface area contributed by atoms with Crippen molar-refractivity contribution in [2.24, 2.45) is 5.73 Å². The van der Waals surface area contributed by atoms with Crippen molar-refractivity contribution in [3.05, 3.63) is 29.8 Å². The van der Waals surface area contributed by atoms with Crippen molar-refractivity contribution in [3.8, 4) is 5.75 Å². The molecule has 0 fully saturated rings. The van der Waals surface area contributed by atoms with Gasteiger partial charge < -0.3 is 10.5 Å². The number of para-hydroxylation sites is 1. The standard InChI is InChI=1S/C12H16F3NO/c1-2-17-10-6-4-3-5-9(10)7-8-11(16)12(13,14)15/h3-6,11H,2,7-8,16H2,1H3/t11-/m0/s1. The van der Waals surface area contributed by atoms with Crippen molar-refractivity contribution in [3.63, 3.8) is 0 Å². The summed E-state index contributed by atoms with van der Waals surface area (Å²) in [5.41, 5.74) is 5.82. The lowest BCUT2D eigenvalue weighted by Gasteiger charge is -2.16. The fraction of sp³-hybridized carbons (Fsp3) is 0.500.